The van der Waals surface area contributed by atoms with Crippen LogP contribution in [0.5, 0.6) is 11.5 Å². The second-order valence-corrected chi connectivity index (χ2v) is 3.65. The van der Waals surface area contributed by atoms with Crippen molar-refractivity contribution in [3.8, 4) is 11.5 Å². The SMILES string of the molecule is C=CCCOc1c(CNCC)cccc1OC. The summed E-state index contributed by atoms with van der Waals surface area (Å²) in [6.07, 6.45) is 2.68. The number of hydrogen-bond acceptors (Lipinski definition) is 3. The van der Waals surface area contributed by atoms with Gasteiger partial charge in [0.2, 0.25) is 0 Å². The molecule has 1 rings (SSSR count). The van der Waals surface area contributed by atoms with E-state index in [-0.39, 0.29) is 0 Å². The molecule has 0 spiro atoms. The maximum atomic E-state index is 5.76. The molecule has 3 heteroatoms. The van der Waals surface area contributed by atoms with Gasteiger partial charge in [-0.05, 0) is 19.0 Å². The van der Waals surface area contributed by atoms with Gasteiger partial charge in [0.25, 0.3) is 0 Å². The lowest BCUT2D eigenvalue weighted by atomic mass is 10.2. The van der Waals surface area contributed by atoms with Gasteiger partial charge in [-0.3, -0.25) is 0 Å². The lowest BCUT2D eigenvalue weighted by molar-refractivity contribution is 0.296. The van der Waals surface area contributed by atoms with Crippen molar-refractivity contribution in [3.63, 3.8) is 0 Å². The fourth-order valence-corrected chi connectivity index (χ4v) is 1.53. The van der Waals surface area contributed by atoms with Crippen molar-refractivity contribution in [1.82, 2.24) is 5.32 Å². The molecule has 0 saturated heterocycles. The number of hydrogen-bond donors (Lipinski definition) is 1. The zero-order valence-electron chi connectivity index (χ0n) is 10.7. The van der Waals surface area contributed by atoms with E-state index in [9.17, 15) is 0 Å². The molecule has 94 valence electrons. The van der Waals surface area contributed by atoms with E-state index in [0.29, 0.717) is 6.61 Å². The van der Waals surface area contributed by atoms with Crippen LogP contribution in [-0.2, 0) is 6.54 Å². The molecule has 0 amide bonds. The Labute approximate surface area is 103 Å². The Morgan fingerprint density at radius 2 is 2.24 bits per heavy atom. The molecule has 1 aromatic rings. The van der Waals surface area contributed by atoms with Crippen molar-refractivity contribution in [2.45, 2.75) is 19.9 Å². The molecule has 0 fully saturated rings. The fourth-order valence-electron chi connectivity index (χ4n) is 1.53. The molecule has 0 atom stereocenters. The summed E-state index contributed by atoms with van der Waals surface area (Å²) in [5.74, 6) is 1.61. The van der Waals surface area contributed by atoms with E-state index in [1.54, 1.807) is 7.11 Å². The third kappa shape index (κ3) is 4.11. The number of methoxy groups -OCH3 is 1. The first-order chi connectivity index (χ1) is 8.33. The van der Waals surface area contributed by atoms with Crippen molar-refractivity contribution in [2.24, 2.45) is 0 Å². The van der Waals surface area contributed by atoms with E-state index < -0.39 is 0 Å². The Balaban J connectivity index is 2.81. The van der Waals surface area contributed by atoms with Crippen LogP contribution in [0.15, 0.2) is 30.9 Å². The Kier molecular flexibility index (Phi) is 6.18. The summed E-state index contributed by atoms with van der Waals surface area (Å²) in [7, 11) is 1.66. The molecular formula is C14H21NO2. The summed E-state index contributed by atoms with van der Waals surface area (Å²) in [6, 6.07) is 5.94. The standard InChI is InChI=1S/C14H21NO2/c1-4-6-10-17-14-12(11-15-5-2)8-7-9-13(14)16-3/h4,7-9,15H,1,5-6,10-11H2,2-3H3. The fraction of sp³-hybridized carbons (Fsp3) is 0.429. The van der Waals surface area contributed by atoms with E-state index in [1.165, 1.54) is 0 Å². The van der Waals surface area contributed by atoms with Crippen LogP contribution in [0.2, 0.25) is 0 Å². The van der Waals surface area contributed by atoms with Gasteiger partial charge in [0, 0.05) is 12.1 Å². The number of ether oxygens (including phenoxy) is 2. The monoisotopic (exact) mass is 235 g/mol. The second kappa shape index (κ2) is 7.74. The third-order valence-electron chi connectivity index (χ3n) is 2.41. The molecule has 0 bridgehead atoms. The normalized spacial score (nSPS) is 10.0. The van der Waals surface area contributed by atoms with E-state index in [0.717, 1.165) is 36.6 Å². The highest BCUT2D eigenvalue weighted by Crippen LogP contribution is 2.31. The van der Waals surface area contributed by atoms with Crippen molar-refractivity contribution >= 4 is 0 Å². The molecule has 1 aromatic carbocycles. The molecular weight excluding hydrogens is 214 g/mol. The Morgan fingerprint density at radius 3 is 2.88 bits per heavy atom. The van der Waals surface area contributed by atoms with Gasteiger partial charge < -0.3 is 14.8 Å². The molecule has 0 unspecified atom stereocenters. The molecule has 0 saturated carbocycles. The van der Waals surface area contributed by atoms with E-state index in [4.69, 9.17) is 9.47 Å². The van der Waals surface area contributed by atoms with Gasteiger partial charge >= 0.3 is 0 Å². The summed E-state index contributed by atoms with van der Waals surface area (Å²) >= 11 is 0. The Bertz CT molecular complexity index is 350. The van der Waals surface area contributed by atoms with E-state index >= 15 is 0 Å². The minimum absolute atomic E-state index is 0.628. The van der Waals surface area contributed by atoms with Gasteiger partial charge in [-0.15, -0.1) is 6.58 Å². The van der Waals surface area contributed by atoms with Gasteiger partial charge in [0.15, 0.2) is 11.5 Å². The maximum Gasteiger partial charge on any atom is 0.165 e. The van der Waals surface area contributed by atoms with Gasteiger partial charge in [-0.25, -0.2) is 0 Å². The number of rotatable bonds is 8. The summed E-state index contributed by atoms with van der Waals surface area (Å²) in [4.78, 5) is 0. The Morgan fingerprint density at radius 1 is 1.41 bits per heavy atom. The molecule has 0 heterocycles. The van der Waals surface area contributed by atoms with Crippen molar-refractivity contribution in [3.05, 3.63) is 36.4 Å². The largest absolute Gasteiger partial charge is 0.493 e. The summed E-state index contributed by atoms with van der Waals surface area (Å²) in [5, 5.41) is 3.29. The summed E-state index contributed by atoms with van der Waals surface area (Å²) in [6.45, 7) is 8.12. The van der Waals surface area contributed by atoms with Gasteiger partial charge in [0.1, 0.15) is 0 Å². The first-order valence-corrected chi connectivity index (χ1v) is 5.93. The van der Waals surface area contributed by atoms with Crippen molar-refractivity contribution in [1.29, 1.82) is 0 Å². The highest BCUT2D eigenvalue weighted by Gasteiger charge is 2.09. The molecule has 0 aliphatic heterocycles. The lowest BCUT2D eigenvalue weighted by Crippen LogP contribution is -2.13. The predicted molar refractivity (Wildman–Crippen MR) is 70.7 cm³/mol. The maximum absolute atomic E-state index is 5.76. The smallest absolute Gasteiger partial charge is 0.165 e. The Hall–Kier alpha value is -1.48. The molecule has 17 heavy (non-hydrogen) atoms. The van der Waals surface area contributed by atoms with Gasteiger partial charge in [-0.1, -0.05) is 25.1 Å². The van der Waals surface area contributed by atoms with Crippen LogP contribution in [0.25, 0.3) is 0 Å². The number of para-hydroxylation sites is 1. The summed E-state index contributed by atoms with van der Waals surface area (Å²) in [5.41, 5.74) is 1.12. The molecule has 0 aliphatic carbocycles. The molecule has 0 aromatic heterocycles. The van der Waals surface area contributed by atoms with Crippen LogP contribution < -0.4 is 14.8 Å². The minimum Gasteiger partial charge on any atom is -0.493 e. The average molecular weight is 235 g/mol. The van der Waals surface area contributed by atoms with Crippen LogP contribution in [-0.4, -0.2) is 20.3 Å². The van der Waals surface area contributed by atoms with E-state index in [2.05, 4.69) is 24.9 Å². The number of benzene rings is 1. The highest BCUT2D eigenvalue weighted by molar-refractivity contribution is 5.46. The number of nitrogens with one attached hydrogen (secondary N) is 1. The van der Waals surface area contributed by atoms with E-state index in [1.807, 2.05) is 18.2 Å². The summed E-state index contributed by atoms with van der Waals surface area (Å²) < 4.78 is 11.1. The van der Waals surface area contributed by atoms with Crippen LogP contribution in [0, 0.1) is 0 Å². The zero-order chi connectivity index (χ0) is 12.5. The lowest BCUT2D eigenvalue weighted by Gasteiger charge is -2.14. The predicted octanol–water partition coefficient (Wildman–Crippen LogP) is 2.76. The zero-order valence-corrected chi connectivity index (χ0v) is 10.7. The third-order valence-corrected chi connectivity index (χ3v) is 2.41. The molecule has 3 nitrogen and oxygen atoms in total. The first kappa shape index (κ1) is 13.6. The van der Waals surface area contributed by atoms with Crippen molar-refractivity contribution in [2.75, 3.05) is 20.3 Å². The molecule has 1 N–H and O–H groups in total. The van der Waals surface area contributed by atoms with Gasteiger partial charge in [0.05, 0.1) is 13.7 Å². The highest BCUT2D eigenvalue weighted by atomic mass is 16.5. The van der Waals surface area contributed by atoms with Crippen LogP contribution in [0.1, 0.15) is 18.9 Å². The molecule has 0 radical (unpaired) electrons. The van der Waals surface area contributed by atoms with Crippen LogP contribution in [0.4, 0.5) is 0 Å². The average Bonchev–Trinajstić information content (AvgIpc) is 2.37. The van der Waals surface area contributed by atoms with Crippen LogP contribution >= 0.6 is 0 Å². The molecule has 0 aliphatic rings. The van der Waals surface area contributed by atoms with Crippen LogP contribution in [0.3, 0.4) is 0 Å². The first-order valence-electron chi connectivity index (χ1n) is 5.93. The topological polar surface area (TPSA) is 30.5 Å². The quantitative estimate of drug-likeness (QED) is 0.555. The minimum atomic E-state index is 0.628. The van der Waals surface area contributed by atoms with Crippen molar-refractivity contribution < 1.29 is 9.47 Å². The second-order valence-electron chi connectivity index (χ2n) is 3.65. The van der Waals surface area contributed by atoms with Gasteiger partial charge in [-0.2, -0.15) is 0 Å².